The molecule has 0 amide bonds. The summed E-state index contributed by atoms with van der Waals surface area (Å²) in [6, 6.07) is 21.9. The third kappa shape index (κ3) is 12.9. The first kappa shape index (κ1) is 30.9. The zero-order valence-corrected chi connectivity index (χ0v) is 25.0. The number of piperidine rings is 2. The van der Waals surface area contributed by atoms with E-state index in [1.54, 1.807) is 0 Å². The largest absolute Gasteiger partial charge is 0.303 e. The monoisotopic (exact) mass is 518 g/mol. The fourth-order valence-corrected chi connectivity index (χ4v) is 6.26. The summed E-state index contributed by atoms with van der Waals surface area (Å²) < 4.78 is 0. The molecule has 2 fully saturated rings. The van der Waals surface area contributed by atoms with Crippen molar-refractivity contribution in [1.29, 1.82) is 0 Å². The van der Waals surface area contributed by atoms with Gasteiger partial charge in [0, 0.05) is 6.54 Å². The Balaban J connectivity index is 0.000000211. The van der Waals surface area contributed by atoms with E-state index >= 15 is 0 Å². The van der Waals surface area contributed by atoms with Gasteiger partial charge in [0.15, 0.2) is 0 Å². The van der Waals surface area contributed by atoms with Crippen molar-refractivity contribution in [1.82, 2.24) is 9.80 Å². The lowest BCUT2D eigenvalue weighted by Gasteiger charge is -2.32. The Morgan fingerprint density at radius 1 is 0.553 bits per heavy atom. The van der Waals surface area contributed by atoms with Crippen molar-refractivity contribution in [3.63, 3.8) is 0 Å². The summed E-state index contributed by atoms with van der Waals surface area (Å²) in [6.07, 6.45) is 19.6. The van der Waals surface area contributed by atoms with Gasteiger partial charge >= 0.3 is 0 Å². The van der Waals surface area contributed by atoms with Crippen molar-refractivity contribution in [2.45, 2.75) is 110 Å². The molecule has 2 heterocycles. The molecule has 2 aliphatic heterocycles. The molecule has 0 N–H and O–H groups in total. The average molecular weight is 519 g/mol. The van der Waals surface area contributed by atoms with E-state index < -0.39 is 0 Å². The van der Waals surface area contributed by atoms with Gasteiger partial charge < -0.3 is 4.90 Å². The van der Waals surface area contributed by atoms with Crippen LogP contribution in [0.5, 0.6) is 0 Å². The zero-order chi connectivity index (χ0) is 26.7. The molecule has 0 spiro atoms. The highest BCUT2D eigenvalue weighted by atomic mass is 15.1. The van der Waals surface area contributed by atoms with E-state index in [9.17, 15) is 0 Å². The van der Waals surface area contributed by atoms with E-state index in [2.05, 4.69) is 84.3 Å². The predicted octanol–water partition coefficient (Wildman–Crippen LogP) is 9.39. The summed E-state index contributed by atoms with van der Waals surface area (Å²) in [7, 11) is 0. The minimum Gasteiger partial charge on any atom is -0.303 e. The highest BCUT2D eigenvalue weighted by Crippen LogP contribution is 2.24. The minimum absolute atomic E-state index is 0.911. The van der Waals surface area contributed by atoms with Gasteiger partial charge in [0.05, 0.1) is 0 Å². The normalized spacial score (nSPS) is 17.7. The Morgan fingerprint density at radius 3 is 1.68 bits per heavy atom. The number of benzene rings is 2. The van der Waals surface area contributed by atoms with Crippen LogP contribution in [-0.2, 0) is 13.0 Å². The average Bonchev–Trinajstić information content (AvgIpc) is 2.97. The van der Waals surface area contributed by atoms with E-state index in [0.29, 0.717) is 0 Å². The number of hydrogen-bond donors (Lipinski definition) is 0. The van der Waals surface area contributed by atoms with Gasteiger partial charge in [-0.15, -0.1) is 0 Å². The van der Waals surface area contributed by atoms with Gasteiger partial charge in [0.1, 0.15) is 0 Å². The fraction of sp³-hybridized carbons (Fsp3) is 0.667. The van der Waals surface area contributed by atoms with Crippen LogP contribution in [-0.4, -0.2) is 42.5 Å². The maximum Gasteiger partial charge on any atom is 0.0233 e. The fourth-order valence-electron chi connectivity index (χ4n) is 6.26. The molecule has 4 rings (SSSR count). The lowest BCUT2D eigenvalue weighted by Crippen LogP contribution is -2.35. The predicted molar refractivity (Wildman–Crippen MR) is 167 cm³/mol. The topological polar surface area (TPSA) is 6.48 Å². The smallest absolute Gasteiger partial charge is 0.0233 e. The first-order valence-electron chi connectivity index (χ1n) is 16.3. The summed E-state index contributed by atoms with van der Waals surface area (Å²) in [5.41, 5.74) is 2.98. The molecule has 0 saturated carbocycles. The summed E-state index contributed by atoms with van der Waals surface area (Å²) >= 11 is 0. The second kappa shape index (κ2) is 19.4. The molecule has 0 bridgehead atoms. The molecule has 2 nitrogen and oxygen atoms in total. The second-order valence-electron chi connectivity index (χ2n) is 12.1. The van der Waals surface area contributed by atoms with E-state index in [1.165, 1.54) is 134 Å². The van der Waals surface area contributed by atoms with Crippen molar-refractivity contribution in [3.8, 4) is 0 Å². The standard InChI is InChI=1S/2C18H29N/c1-2-3-4-8-13-19-14-11-18(12-15-19)16-17-9-6-5-7-10-17;1-2-3-4-6-9-17-12-14-19(15-13-17)16-18-10-7-5-8-11-18/h5-7,9-10,18H,2-4,8,11-16H2,1H3;5,7-8,10-11,17H,2-4,6,9,12-16H2,1H3. The maximum atomic E-state index is 2.68. The van der Waals surface area contributed by atoms with Crippen LogP contribution < -0.4 is 0 Å². The molecule has 2 aliphatic rings. The molecule has 0 unspecified atom stereocenters. The van der Waals surface area contributed by atoms with Crippen LogP contribution in [0, 0.1) is 11.8 Å². The second-order valence-corrected chi connectivity index (χ2v) is 12.1. The number of nitrogens with zero attached hydrogens (tertiary/aromatic N) is 2. The van der Waals surface area contributed by atoms with Crippen molar-refractivity contribution >= 4 is 0 Å². The molecular weight excluding hydrogens is 460 g/mol. The number of hydrogen-bond acceptors (Lipinski definition) is 2. The molecule has 0 aromatic heterocycles. The van der Waals surface area contributed by atoms with Gasteiger partial charge in [-0.05, 0) is 94.2 Å². The van der Waals surface area contributed by atoms with E-state index in [1.807, 2.05) is 0 Å². The van der Waals surface area contributed by atoms with Crippen LogP contribution >= 0.6 is 0 Å². The van der Waals surface area contributed by atoms with Crippen LogP contribution in [0.15, 0.2) is 60.7 Å². The van der Waals surface area contributed by atoms with Gasteiger partial charge in [-0.2, -0.15) is 0 Å². The van der Waals surface area contributed by atoms with Crippen molar-refractivity contribution < 1.29 is 0 Å². The van der Waals surface area contributed by atoms with Gasteiger partial charge in [-0.1, -0.05) is 126 Å². The Kier molecular flexibility index (Phi) is 15.8. The first-order valence-corrected chi connectivity index (χ1v) is 16.3. The molecule has 2 saturated heterocycles. The van der Waals surface area contributed by atoms with E-state index in [4.69, 9.17) is 0 Å². The number of rotatable bonds is 14. The Bertz CT molecular complexity index is 719. The molecule has 0 radical (unpaired) electrons. The third-order valence-corrected chi connectivity index (χ3v) is 8.82. The quantitative estimate of drug-likeness (QED) is 0.230. The summed E-state index contributed by atoms with van der Waals surface area (Å²) in [6.45, 7) is 12.3. The molecule has 38 heavy (non-hydrogen) atoms. The Morgan fingerprint density at radius 2 is 1.08 bits per heavy atom. The molecule has 2 heteroatoms. The van der Waals surface area contributed by atoms with E-state index in [0.717, 1.165) is 18.4 Å². The molecule has 2 aromatic rings. The number of unbranched alkanes of at least 4 members (excludes halogenated alkanes) is 6. The summed E-state index contributed by atoms with van der Waals surface area (Å²) in [5.74, 6) is 1.91. The van der Waals surface area contributed by atoms with Crippen LogP contribution in [0.3, 0.4) is 0 Å². The lowest BCUT2D eigenvalue weighted by atomic mass is 9.90. The van der Waals surface area contributed by atoms with Crippen LogP contribution in [0.2, 0.25) is 0 Å². The maximum absolute atomic E-state index is 2.68. The molecule has 212 valence electrons. The molecular formula is C36H58N2. The van der Waals surface area contributed by atoms with Crippen LogP contribution in [0.25, 0.3) is 0 Å². The SMILES string of the molecule is CCCCCCC1CCN(Cc2ccccc2)CC1.CCCCCCN1CCC(Cc2ccccc2)CC1. The number of likely N-dealkylation sites (tertiary alicyclic amines) is 2. The molecule has 2 aromatic carbocycles. The summed E-state index contributed by atoms with van der Waals surface area (Å²) in [5, 5.41) is 0. The molecule has 0 atom stereocenters. The summed E-state index contributed by atoms with van der Waals surface area (Å²) in [4.78, 5) is 5.30. The van der Waals surface area contributed by atoms with Crippen molar-refractivity contribution in [2.75, 3.05) is 32.7 Å². The van der Waals surface area contributed by atoms with E-state index in [-0.39, 0.29) is 0 Å². The van der Waals surface area contributed by atoms with Gasteiger partial charge in [-0.25, -0.2) is 0 Å². The third-order valence-electron chi connectivity index (χ3n) is 8.82. The van der Waals surface area contributed by atoms with Gasteiger partial charge in [0.2, 0.25) is 0 Å². The van der Waals surface area contributed by atoms with Crippen molar-refractivity contribution in [2.24, 2.45) is 11.8 Å². The first-order chi connectivity index (χ1) is 18.8. The van der Waals surface area contributed by atoms with Gasteiger partial charge in [-0.3, -0.25) is 4.90 Å². The highest BCUT2D eigenvalue weighted by Gasteiger charge is 2.19. The molecule has 0 aliphatic carbocycles. The van der Waals surface area contributed by atoms with Crippen LogP contribution in [0.4, 0.5) is 0 Å². The van der Waals surface area contributed by atoms with Gasteiger partial charge in [0.25, 0.3) is 0 Å². The highest BCUT2D eigenvalue weighted by molar-refractivity contribution is 5.15. The van der Waals surface area contributed by atoms with Crippen molar-refractivity contribution in [3.05, 3.63) is 71.8 Å². The van der Waals surface area contributed by atoms with Crippen LogP contribution in [0.1, 0.15) is 108 Å². The zero-order valence-electron chi connectivity index (χ0n) is 25.0. The Hall–Kier alpha value is -1.64. The Labute approximate surface area is 236 Å². The lowest BCUT2D eigenvalue weighted by molar-refractivity contribution is 0.170. The minimum atomic E-state index is 0.911.